The number of amides is 1. The minimum absolute atomic E-state index is 0.102. The number of fused-ring (bicyclic) bond motifs is 1. The van der Waals surface area contributed by atoms with Gasteiger partial charge in [0.1, 0.15) is 5.82 Å². The van der Waals surface area contributed by atoms with Gasteiger partial charge >= 0.3 is 0 Å². The largest absolute Gasteiger partial charge is 0.328 e. The van der Waals surface area contributed by atoms with E-state index >= 15 is 0 Å². The molecule has 1 saturated carbocycles. The van der Waals surface area contributed by atoms with Gasteiger partial charge in [0.15, 0.2) is 0 Å². The number of rotatable bonds is 3. The molecule has 2 aromatic rings. The van der Waals surface area contributed by atoms with Gasteiger partial charge < -0.3 is 4.90 Å². The SMILES string of the molecule is [2H]C1([2H])c2ncccc2C(=O)N1Cc1c(F)cc(Br)cc1C1CCCC1. The van der Waals surface area contributed by atoms with Crippen LogP contribution in [0, 0.1) is 5.82 Å². The van der Waals surface area contributed by atoms with Crippen molar-refractivity contribution in [1.82, 2.24) is 9.88 Å². The van der Waals surface area contributed by atoms with Crippen molar-refractivity contribution in [3.05, 3.63) is 63.1 Å². The summed E-state index contributed by atoms with van der Waals surface area (Å²) in [6.45, 7) is -2.16. The zero-order valence-electron chi connectivity index (χ0n) is 15.1. The monoisotopic (exact) mass is 390 g/mol. The molecule has 1 aromatic carbocycles. The summed E-state index contributed by atoms with van der Waals surface area (Å²) in [6.07, 6.45) is 5.67. The van der Waals surface area contributed by atoms with Crippen LogP contribution in [0.1, 0.15) is 61.5 Å². The predicted molar refractivity (Wildman–Crippen MR) is 93.1 cm³/mol. The third-order valence-corrected chi connectivity index (χ3v) is 5.29. The molecule has 0 atom stereocenters. The van der Waals surface area contributed by atoms with Crippen molar-refractivity contribution in [3.8, 4) is 0 Å². The lowest BCUT2D eigenvalue weighted by atomic mass is 9.92. The van der Waals surface area contributed by atoms with E-state index in [1.807, 2.05) is 6.07 Å². The molecule has 2 heterocycles. The van der Waals surface area contributed by atoms with E-state index in [-0.39, 0.29) is 23.7 Å². The second-order valence-electron chi connectivity index (χ2n) is 6.34. The van der Waals surface area contributed by atoms with Crippen molar-refractivity contribution in [2.45, 2.75) is 44.6 Å². The van der Waals surface area contributed by atoms with Crippen molar-refractivity contribution in [2.24, 2.45) is 0 Å². The molecule has 0 saturated heterocycles. The fourth-order valence-electron chi connectivity index (χ4n) is 3.65. The van der Waals surface area contributed by atoms with Crippen LogP contribution in [0.2, 0.25) is 0 Å². The number of hydrogen-bond acceptors (Lipinski definition) is 2. The third kappa shape index (κ3) is 2.75. The zero-order valence-corrected chi connectivity index (χ0v) is 14.6. The van der Waals surface area contributed by atoms with Gasteiger partial charge in [-0.05, 0) is 48.6 Å². The fourth-order valence-corrected chi connectivity index (χ4v) is 4.10. The maximum atomic E-state index is 14.8. The first-order chi connectivity index (χ1) is 12.4. The van der Waals surface area contributed by atoms with Crippen LogP contribution in [0.15, 0.2) is 34.9 Å². The number of halogens is 2. The van der Waals surface area contributed by atoms with Gasteiger partial charge in [-0.2, -0.15) is 0 Å². The highest BCUT2D eigenvalue weighted by Gasteiger charge is 2.30. The topological polar surface area (TPSA) is 33.2 Å². The average molecular weight is 391 g/mol. The Morgan fingerprint density at radius 3 is 2.92 bits per heavy atom. The van der Waals surface area contributed by atoms with Gasteiger partial charge in [0.05, 0.1) is 20.5 Å². The number of nitrogens with zero attached hydrogens (tertiary/aromatic N) is 2. The molecule has 0 bridgehead atoms. The highest BCUT2D eigenvalue weighted by atomic mass is 79.9. The molecule has 24 heavy (non-hydrogen) atoms. The quantitative estimate of drug-likeness (QED) is 0.753. The Morgan fingerprint density at radius 2 is 2.17 bits per heavy atom. The molecule has 4 rings (SSSR count). The normalized spacial score (nSPS) is 20.9. The van der Waals surface area contributed by atoms with Crippen LogP contribution in [-0.2, 0) is 13.0 Å². The van der Waals surface area contributed by atoms with E-state index in [1.165, 1.54) is 12.3 Å². The first-order valence-electron chi connectivity index (χ1n) is 9.15. The Balaban J connectivity index is 1.75. The van der Waals surface area contributed by atoms with Gasteiger partial charge in [0, 0.05) is 22.8 Å². The minimum Gasteiger partial charge on any atom is -0.328 e. The van der Waals surface area contributed by atoms with Crippen molar-refractivity contribution >= 4 is 21.8 Å². The molecule has 0 spiro atoms. The number of pyridine rings is 1. The maximum Gasteiger partial charge on any atom is 0.256 e. The summed E-state index contributed by atoms with van der Waals surface area (Å²) in [4.78, 5) is 17.9. The van der Waals surface area contributed by atoms with E-state index in [0.717, 1.165) is 36.1 Å². The summed E-state index contributed by atoms with van der Waals surface area (Å²) < 4.78 is 32.2. The lowest BCUT2D eigenvalue weighted by Gasteiger charge is -2.22. The maximum absolute atomic E-state index is 14.8. The molecule has 124 valence electrons. The number of carbonyl (C=O) groups is 1. The second kappa shape index (κ2) is 6.28. The van der Waals surface area contributed by atoms with Gasteiger partial charge in [-0.3, -0.25) is 9.78 Å². The zero-order chi connectivity index (χ0) is 18.5. The van der Waals surface area contributed by atoms with Crippen LogP contribution < -0.4 is 0 Å². The molecule has 0 radical (unpaired) electrons. The van der Waals surface area contributed by atoms with Crippen LogP contribution in [0.25, 0.3) is 0 Å². The number of carbonyl (C=O) groups excluding carboxylic acids is 1. The Kier molecular flexibility index (Phi) is 3.54. The molecule has 3 nitrogen and oxygen atoms in total. The Hall–Kier alpha value is -1.75. The van der Waals surface area contributed by atoms with Crippen molar-refractivity contribution in [2.75, 3.05) is 0 Å². The highest BCUT2D eigenvalue weighted by molar-refractivity contribution is 9.10. The first-order valence-corrected chi connectivity index (χ1v) is 8.94. The Bertz CT molecular complexity index is 884. The Morgan fingerprint density at radius 1 is 1.38 bits per heavy atom. The molecule has 0 N–H and O–H groups in total. The van der Waals surface area contributed by atoms with Gasteiger partial charge in [0.2, 0.25) is 0 Å². The van der Waals surface area contributed by atoms with E-state index in [4.69, 9.17) is 2.74 Å². The third-order valence-electron chi connectivity index (χ3n) is 4.83. The van der Waals surface area contributed by atoms with Crippen LogP contribution in [0.3, 0.4) is 0 Å². The summed E-state index contributed by atoms with van der Waals surface area (Å²) in [5.74, 6) is -0.604. The molecule has 1 fully saturated rings. The molecule has 1 aliphatic carbocycles. The molecular weight excluding hydrogens is 371 g/mol. The lowest BCUT2D eigenvalue weighted by Crippen LogP contribution is -2.25. The summed E-state index contributed by atoms with van der Waals surface area (Å²) in [7, 11) is 0. The van der Waals surface area contributed by atoms with Gasteiger partial charge in [-0.25, -0.2) is 4.39 Å². The molecule has 1 aromatic heterocycles. The summed E-state index contributed by atoms with van der Waals surface area (Å²) in [6, 6.07) is 6.48. The van der Waals surface area contributed by atoms with E-state index in [2.05, 4.69) is 20.9 Å². The highest BCUT2D eigenvalue weighted by Crippen LogP contribution is 2.39. The van der Waals surface area contributed by atoms with Gasteiger partial charge in [-0.1, -0.05) is 28.8 Å². The molecule has 1 amide bonds. The minimum atomic E-state index is -2.06. The van der Waals surface area contributed by atoms with E-state index in [1.54, 1.807) is 12.1 Å². The van der Waals surface area contributed by atoms with Crippen molar-refractivity contribution in [1.29, 1.82) is 0 Å². The molecule has 0 unspecified atom stereocenters. The van der Waals surface area contributed by atoms with Crippen molar-refractivity contribution < 1.29 is 11.9 Å². The average Bonchev–Trinajstić information content (AvgIpc) is 3.19. The summed E-state index contributed by atoms with van der Waals surface area (Å²) in [5, 5.41) is 0. The predicted octanol–water partition coefficient (Wildman–Crippen LogP) is 4.80. The van der Waals surface area contributed by atoms with Crippen LogP contribution in [0.4, 0.5) is 4.39 Å². The van der Waals surface area contributed by atoms with Gasteiger partial charge in [0.25, 0.3) is 5.91 Å². The van der Waals surface area contributed by atoms with Crippen LogP contribution >= 0.6 is 15.9 Å². The van der Waals surface area contributed by atoms with Crippen LogP contribution in [0.5, 0.6) is 0 Å². The van der Waals surface area contributed by atoms with Crippen molar-refractivity contribution in [3.63, 3.8) is 0 Å². The number of aromatic nitrogens is 1. The molecular formula is C19H18BrFN2O. The molecule has 2 aliphatic rings. The molecule has 5 heteroatoms. The summed E-state index contributed by atoms with van der Waals surface area (Å²) in [5.41, 5.74) is 1.63. The fraction of sp³-hybridized carbons (Fsp3) is 0.368. The standard InChI is InChI=1S/C19H18BrFN2O/c20-13-8-15(12-4-1-2-5-12)16(17(21)9-13)10-23-11-18-14(19(23)24)6-3-7-22-18/h3,6-9,12H,1-2,4-5,10-11H2/i11D2. The van der Waals surface area contributed by atoms with E-state index < -0.39 is 18.2 Å². The Labute approximate surface area is 151 Å². The van der Waals surface area contributed by atoms with E-state index in [0.29, 0.717) is 10.0 Å². The smallest absolute Gasteiger partial charge is 0.256 e. The van der Waals surface area contributed by atoms with E-state index in [9.17, 15) is 9.18 Å². The summed E-state index contributed by atoms with van der Waals surface area (Å²) >= 11 is 3.36. The second-order valence-corrected chi connectivity index (χ2v) is 7.26. The van der Waals surface area contributed by atoms with Crippen LogP contribution in [-0.4, -0.2) is 15.8 Å². The number of hydrogen-bond donors (Lipinski definition) is 0. The van der Waals surface area contributed by atoms with Gasteiger partial charge in [-0.15, -0.1) is 0 Å². The molecule has 1 aliphatic heterocycles. The number of benzene rings is 1. The first kappa shape index (κ1) is 13.5. The lowest BCUT2D eigenvalue weighted by molar-refractivity contribution is 0.0764.